The number of benzene rings is 1. The number of hydrogen-bond donors (Lipinski definition) is 0. The van der Waals surface area contributed by atoms with Gasteiger partial charge in [0.25, 0.3) is 0 Å². The van der Waals surface area contributed by atoms with Gasteiger partial charge in [0.15, 0.2) is 11.6 Å². The molecular weight excluding hydrogens is 342 g/mol. The summed E-state index contributed by atoms with van der Waals surface area (Å²) in [5.41, 5.74) is 2.00. The summed E-state index contributed by atoms with van der Waals surface area (Å²) in [5, 5.41) is 2.44. The van der Waals surface area contributed by atoms with E-state index in [-0.39, 0.29) is 0 Å². The molecule has 0 aliphatic heterocycles. The Hall–Kier alpha value is -2.37. The van der Waals surface area contributed by atoms with Gasteiger partial charge in [-0.2, -0.15) is 0 Å². The average molecular weight is 354 g/mol. The lowest BCUT2D eigenvalue weighted by molar-refractivity contribution is 0.577. The lowest BCUT2D eigenvalue weighted by Crippen LogP contribution is -1.93. The molecule has 118 valence electrons. The fourth-order valence-electron chi connectivity index (χ4n) is 2.36. The summed E-state index contributed by atoms with van der Waals surface area (Å²) >= 11 is 7.60. The summed E-state index contributed by atoms with van der Waals surface area (Å²) in [5.74, 6) is 2.00. The van der Waals surface area contributed by atoms with Gasteiger partial charge in [-0.3, -0.25) is 0 Å². The number of halogens is 1. The van der Waals surface area contributed by atoms with Crippen LogP contribution < -0.4 is 0 Å². The molecule has 0 aliphatic carbocycles. The lowest BCUT2D eigenvalue weighted by atomic mass is 10.2. The van der Waals surface area contributed by atoms with Crippen LogP contribution in [0.25, 0.3) is 22.5 Å². The minimum absolute atomic E-state index is 0.497. The van der Waals surface area contributed by atoms with Crippen LogP contribution in [0.4, 0.5) is 0 Å². The predicted molar refractivity (Wildman–Crippen MR) is 96.0 cm³/mol. The first-order valence-corrected chi connectivity index (χ1v) is 8.70. The van der Waals surface area contributed by atoms with Crippen LogP contribution in [0.3, 0.4) is 0 Å². The molecule has 6 heteroatoms. The highest BCUT2D eigenvalue weighted by Gasteiger charge is 2.11. The van der Waals surface area contributed by atoms with Crippen LogP contribution in [0.1, 0.15) is 5.56 Å². The molecule has 0 bridgehead atoms. The quantitative estimate of drug-likeness (QED) is 0.285. The second kappa shape index (κ2) is 6.63. The van der Waals surface area contributed by atoms with Gasteiger partial charge >= 0.3 is 0 Å². The van der Waals surface area contributed by atoms with Crippen molar-refractivity contribution >= 4 is 34.3 Å². The highest BCUT2D eigenvalue weighted by atomic mass is 35.5. The van der Waals surface area contributed by atoms with E-state index in [1.165, 1.54) is 0 Å². The number of fused-ring (bicyclic) bond motifs is 1. The Balaban J connectivity index is 1.73. The van der Waals surface area contributed by atoms with Gasteiger partial charge in [-0.1, -0.05) is 29.8 Å². The van der Waals surface area contributed by atoms with Crippen LogP contribution >= 0.6 is 23.4 Å². The van der Waals surface area contributed by atoms with Crippen molar-refractivity contribution in [2.24, 2.45) is 0 Å². The van der Waals surface area contributed by atoms with Crippen molar-refractivity contribution in [1.29, 1.82) is 0 Å². The number of aromatic nitrogens is 3. The molecule has 3 aromatic heterocycles. The van der Waals surface area contributed by atoms with Crippen LogP contribution in [-0.4, -0.2) is 15.0 Å². The Morgan fingerprint density at radius 2 is 1.96 bits per heavy atom. The van der Waals surface area contributed by atoms with Gasteiger partial charge in [-0.05, 0) is 35.9 Å². The van der Waals surface area contributed by atoms with Crippen LogP contribution in [0, 0.1) is 0 Å². The number of thioether (sulfide) groups is 1. The van der Waals surface area contributed by atoms with E-state index in [1.54, 1.807) is 24.2 Å². The zero-order valence-corrected chi connectivity index (χ0v) is 14.1. The molecule has 4 rings (SSSR count). The fourth-order valence-corrected chi connectivity index (χ4v) is 3.52. The maximum atomic E-state index is 5.96. The molecular formula is C18H12ClN3OS. The van der Waals surface area contributed by atoms with Crippen LogP contribution in [-0.2, 0) is 5.75 Å². The first-order valence-electron chi connectivity index (χ1n) is 7.33. The van der Waals surface area contributed by atoms with E-state index in [0.717, 1.165) is 27.2 Å². The van der Waals surface area contributed by atoms with E-state index >= 15 is 0 Å². The molecule has 3 heterocycles. The Kier molecular flexibility index (Phi) is 4.19. The zero-order valence-electron chi connectivity index (χ0n) is 12.5. The number of nitrogens with zero attached hydrogens (tertiary/aromatic N) is 3. The maximum absolute atomic E-state index is 5.96. The minimum atomic E-state index is 0.497. The predicted octanol–water partition coefficient (Wildman–Crippen LogP) is 5.23. The van der Waals surface area contributed by atoms with Gasteiger partial charge in [0, 0.05) is 17.3 Å². The summed E-state index contributed by atoms with van der Waals surface area (Å²) in [4.78, 5) is 13.3. The Morgan fingerprint density at radius 1 is 1.04 bits per heavy atom. The second-order valence-electron chi connectivity index (χ2n) is 5.12. The molecule has 0 unspecified atom stereocenters. The Bertz CT molecular complexity index is 989. The third-order valence-electron chi connectivity index (χ3n) is 3.48. The first-order chi connectivity index (χ1) is 11.8. The summed E-state index contributed by atoms with van der Waals surface area (Å²) < 4.78 is 5.44. The highest BCUT2D eigenvalue weighted by Crippen LogP contribution is 2.30. The van der Waals surface area contributed by atoms with Crippen molar-refractivity contribution in [2.75, 3.05) is 0 Å². The SMILES string of the molecule is Clc1cc(CSc2nc(-c3ccco3)nc3ccccc23)ccn1. The lowest BCUT2D eigenvalue weighted by Gasteiger charge is -2.07. The number of rotatable bonds is 4. The molecule has 0 aliphatic rings. The van der Waals surface area contributed by atoms with Gasteiger partial charge in [-0.15, -0.1) is 11.8 Å². The van der Waals surface area contributed by atoms with Gasteiger partial charge in [0.1, 0.15) is 10.2 Å². The third kappa shape index (κ3) is 3.13. The molecule has 4 aromatic rings. The van der Waals surface area contributed by atoms with Crippen LogP contribution in [0.15, 0.2) is 70.4 Å². The molecule has 24 heavy (non-hydrogen) atoms. The van der Waals surface area contributed by atoms with Crippen molar-refractivity contribution in [3.05, 3.63) is 71.7 Å². The van der Waals surface area contributed by atoms with E-state index in [1.807, 2.05) is 48.5 Å². The molecule has 0 N–H and O–H groups in total. The molecule has 0 atom stereocenters. The Labute approximate surface area is 147 Å². The van der Waals surface area contributed by atoms with Gasteiger partial charge in [0.2, 0.25) is 0 Å². The van der Waals surface area contributed by atoms with Crippen molar-refractivity contribution in [3.63, 3.8) is 0 Å². The normalized spacial score (nSPS) is 11.0. The van der Waals surface area contributed by atoms with Crippen molar-refractivity contribution in [3.8, 4) is 11.6 Å². The van der Waals surface area contributed by atoms with E-state index in [9.17, 15) is 0 Å². The summed E-state index contributed by atoms with van der Waals surface area (Å²) in [6.45, 7) is 0. The largest absolute Gasteiger partial charge is 0.461 e. The number of hydrogen-bond acceptors (Lipinski definition) is 5. The molecule has 0 radical (unpaired) electrons. The van der Waals surface area contributed by atoms with Gasteiger partial charge < -0.3 is 4.42 Å². The highest BCUT2D eigenvalue weighted by molar-refractivity contribution is 7.98. The molecule has 0 spiro atoms. The van der Waals surface area contributed by atoms with Crippen LogP contribution in [0.2, 0.25) is 5.15 Å². The standard InChI is InChI=1S/C18H12ClN3OS/c19-16-10-12(7-8-20-16)11-24-18-13-4-1-2-5-14(13)21-17(22-18)15-6-3-9-23-15/h1-10H,11H2. The Morgan fingerprint density at radius 3 is 2.79 bits per heavy atom. The monoisotopic (exact) mass is 353 g/mol. The minimum Gasteiger partial charge on any atom is -0.461 e. The van der Waals surface area contributed by atoms with Crippen molar-refractivity contribution in [2.45, 2.75) is 10.8 Å². The second-order valence-corrected chi connectivity index (χ2v) is 6.47. The molecule has 0 saturated carbocycles. The molecule has 1 aromatic carbocycles. The topological polar surface area (TPSA) is 51.8 Å². The molecule has 0 saturated heterocycles. The van der Waals surface area contributed by atoms with Crippen LogP contribution in [0.5, 0.6) is 0 Å². The smallest absolute Gasteiger partial charge is 0.197 e. The number of furan rings is 1. The summed E-state index contributed by atoms with van der Waals surface area (Å²) in [6.07, 6.45) is 3.34. The average Bonchev–Trinajstić information content (AvgIpc) is 3.14. The van der Waals surface area contributed by atoms with Gasteiger partial charge in [-0.25, -0.2) is 15.0 Å². The van der Waals surface area contributed by atoms with Crippen molar-refractivity contribution < 1.29 is 4.42 Å². The van der Waals surface area contributed by atoms with E-state index in [4.69, 9.17) is 21.0 Å². The van der Waals surface area contributed by atoms with E-state index in [0.29, 0.717) is 16.7 Å². The molecule has 4 nitrogen and oxygen atoms in total. The third-order valence-corrected chi connectivity index (χ3v) is 4.75. The zero-order chi connectivity index (χ0) is 16.4. The molecule has 0 amide bonds. The maximum Gasteiger partial charge on any atom is 0.197 e. The number of pyridine rings is 1. The first kappa shape index (κ1) is 15.2. The van der Waals surface area contributed by atoms with E-state index in [2.05, 4.69) is 9.97 Å². The fraction of sp³-hybridized carbons (Fsp3) is 0.0556. The molecule has 0 fully saturated rings. The summed E-state index contributed by atoms with van der Waals surface area (Å²) in [6, 6.07) is 15.5. The van der Waals surface area contributed by atoms with E-state index < -0.39 is 0 Å². The van der Waals surface area contributed by atoms with Crippen molar-refractivity contribution in [1.82, 2.24) is 15.0 Å². The number of para-hydroxylation sites is 1. The summed E-state index contributed by atoms with van der Waals surface area (Å²) in [7, 11) is 0. The van der Waals surface area contributed by atoms with Gasteiger partial charge in [0.05, 0.1) is 11.8 Å².